The van der Waals surface area contributed by atoms with Gasteiger partial charge in [0.2, 0.25) is 0 Å². The molecule has 1 aliphatic heterocycles. The third-order valence-electron chi connectivity index (χ3n) is 3.01. The summed E-state index contributed by atoms with van der Waals surface area (Å²) in [5.41, 5.74) is 0. The van der Waals surface area contributed by atoms with Crippen LogP contribution in [0.4, 0.5) is 4.79 Å². The topological polar surface area (TPSA) is 55.8 Å². The van der Waals surface area contributed by atoms with Gasteiger partial charge < -0.3 is 14.4 Å². The van der Waals surface area contributed by atoms with Crippen molar-refractivity contribution in [3.8, 4) is 0 Å². The lowest BCUT2D eigenvalue weighted by molar-refractivity contribution is -0.119. The highest BCUT2D eigenvalue weighted by Gasteiger charge is 2.36. The molecule has 1 amide bonds. The highest BCUT2D eigenvalue weighted by Crippen LogP contribution is 2.23. The second-order valence-corrected chi connectivity index (χ2v) is 4.58. The van der Waals surface area contributed by atoms with E-state index in [1.807, 2.05) is 0 Å². The number of carbonyl (C=O) groups excluding carboxylic acids is 2. The van der Waals surface area contributed by atoms with E-state index in [0.717, 1.165) is 12.8 Å². The second kappa shape index (κ2) is 6.96. The summed E-state index contributed by atoms with van der Waals surface area (Å²) in [5, 5.41) is 0.301. The number of alkyl halides is 1. The Morgan fingerprint density at radius 3 is 2.65 bits per heavy atom. The Bertz CT molecular complexity index is 285. The molecule has 0 N–H and O–H groups in total. The van der Waals surface area contributed by atoms with Crippen molar-refractivity contribution in [2.45, 2.75) is 31.4 Å². The maximum atomic E-state index is 11.6. The maximum absolute atomic E-state index is 11.6. The normalized spacial score (nSPS) is 24.5. The Morgan fingerprint density at radius 2 is 2.12 bits per heavy atom. The van der Waals surface area contributed by atoms with Crippen molar-refractivity contribution in [3.05, 3.63) is 0 Å². The third-order valence-corrected chi connectivity index (χ3v) is 3.64. The maximum Gasteiger partial charge on any atom is 0.409 e. The van der Waals surface area contributed by atoms with E-state index in [2.05, 4.69) is 15.9 Å². The lowest BCUT2D eigenvalue weighted by Crippen LogP contribution is -2.52. The number of carbonyl (C=O) groups is 2. The van der Waals surface area contributed by atoms with Gasteiger partial charge in [-0.05, 0) is 12.8 Å². The molecular formula is C11H18BrNO4. The predicted octanol–water partition coefficient (Wildman–Crippen LogP) is 1.59. The van der Waals surface area contributed by atoms with E-state index >= 15 is 0 Å². The van der Waals surface area contributed by atoms with E-state index in [1.165, 1.54) is 7.11 Å². The van der Waals surface area contributed by atoms with Crippen LogP contribution in [0.1, 0.15) is 19.3 Å². The zero-order valence-electron chi connectivity index (χ0n) is 10.1. The fourth-order valence-electron chi connectivity index (χ4n) is 2.17. The number of ketones is 1. The number of hydrogen-bond donors (Lipinski definition) is 0. The van der Waals surface area contributed by atoms with Crippen molar-refractivity contribution in [2.24, 2.45) is 0 Å². The van der Waals surface area contributed by atoms with Crippen molar-refractivity contribution in [3.63, 3.8) is 0 Å². The summed E-state index contributed by atoms with van der Waals surface area (Å²) in [5.74, 6) is 0.0628. The number of amides is 1. The third kappa shape index (κ3) is 3.67. The molecule has 1 saturated heterocycles. The van der Waals surface area contributed by atoms with Crippen LogP contribution < -0.4 is 0 Å². The minimum Gasteiger partial charge on any atom is -0.453 e. The first kappa shape index (κ1) is 14.4. The summed E-state index contributed by atoms with van der Waals surface area (Å²) in [4.78, 5) is 24.7. The molecule has 0 aromatic heterocycles. The van der Waals surface area contributed by atoms with Crippen LogP contribution in [-0.4, -0.2) is 55.0 Å². The van der Waals surface area contributed by atoms with Gasteiger partial charge in [0.15, 0.2) is 0 Å². The molecule has 6 heteroatoms. The molecule has 5 nitrogen and oxygen atoms in total. The molecule has 1 aliphatic rings. The number of rotatable bonds is 4. The lowest BCUT2D eigenvalue weighted by atomic mass is 9.95. The van der Waals surface area contributed by atoms with Crippen LogP contribution in [-0.2, 0) is 14.3 Å². The van der Waals surface area contributed by atoms with Crippen LogP contribution in [0.5, 0.6) is 0 Å². The number of likely N-dealkylation sites (tertiary alicyclic amines) is 1. The smallest absolute Gasteiger partial charge is 0.409 e. The van der Waals surface area contributed by atoms with E-state index < -0.39 is 0 Å². The van der Waals surface area contributed by atoms with E-state index in [9.17, 15) is 9.59 Å². The van der Waals surface area contributed by atoms with Gasteiger partial charge >= 0.3 is 6.09 Å². The van der Waals surface area contributed by atoms with Gasteiger partial charge in [-0.15, -0.1) is 0 Å². The van der Waals surface area contributed by atoms with Crippen molar-refractivity contribution >= 4 is 27.8 Å². The summed E-state index contributed by atoms with van der Waals surface area (Å²) in [7, 11) is 2.96. The summed E-state index contributed by atoms with van der Waals surface area (Å²) < 4.78 is 10.1. The molecule has 0 aliphatic carbocycles. The molecule has 1 rings (SSSR count). The highest BCUT2D eigenvalue weighted by molar-refractivity contribution is 9.09. The molecule has 0 aromatic rings. The van der Waals surface area contributed by atoms with Gasteiger partial charge in [-0.2, -0.15) is 0 Å². The molecule has 98 valence electrons. The summed E-state index contributed by atoms with van der Waals surface area (Å²) in [6.07, 6.45) is 1.56. The Kier molecular flexibility index (Phi) is 5.91. The Labute approximate surface area is 110 Å². The number of ether oxygens (including phenoxy) is 2. The van der Waals surface area contributed by atoms with Crippen LogP contribution in [0.3, 0.4) is 0 Å². The van der Waals surface area contributed by atoms with Gasteiger partial charge in [0.25, 0.3) is 0 Å². The van der Waals surface area contributed by atoms with Crippen molar-refractivity contribution in [1.29, 1.82) is 0 Å². The number of nitrogens with zero attached hydrogens (tertiary/aromatic N) is 1. The summed E-state index contributed by atoms with van der Waals surface area (Å²) >= 11 is 3.13. The SMILES string of the molecule is COC(=O)N1CCC[C@@H](OC)[C@@H]1CC(=O)CBr. The van der Waals surface area contributed by atoms with Crippen LogP contribution in [0.15, 0.2) is 0 Å². The highest BCUT2D eigenvalue weighted by atomic mass is 79.9. The molecule has 1 fully saturated rings. The van der Waals surface area contributed by atoms with Crippen LogP contribution >= 0.6 is 15.9 Å². The average molecular weight is 308 g/mol. The molecule has 0 unspecified atom stereocenters. The van der Waals surface area contributed by atoms with Crippen LogP contribution in [0, 0.1) is 0 Å². The van der Waals surface area contributed by atoms with Gasteiger partial charge in [0.05, 0.1) is 24.6 Å². The first-order valence-corrected chi connectivity index (χ1v) is 6.71. The van der Waals surface area contributed by atoms with Crippen molar-refractivity contribution < 1.29 is 19.1 Å². The van der Waals surface area contributed by atoms with Crippen molar-refractivity contribution in [1.82, 2.24) is 4.90 Å². The fraction of sp³-hybridized carbons (Fsp3) is 0.818. The zero-order chi connectivity index (χ0) is 12.8. The van der Waals surface area contributed by atoms with Gasteiger partial charge in [0, 0.05) is 20.1 Å². The van der Waals surface area contributed by atoms with E-state index in [0.29, 0.717) is 18.3 Å². The van der Waals surface area contributed by atoms with E-state index in [1.54, 1.807) is 12.0 Å². The monoisotopic (exact) mass is 307 g/mol. The Balaban J connectivity index is 2.77. The van der Waals surface area contributed by atoms with E-state index in [4.69, 9.17) is 9.47 Å². The quantitative estimate of drug-likeness (QED) is 0.740. The number of Topliss-reactive ketones (excluding diaryl/α,β-unsaturated/α-hetero) is 1. The molecule has 0 aromatic carbocycles. The number of piperidine rings is 1. The average Bonchev–Trinajstić information content (AvgIpc) is 2.37. The predicted molar refractivity (Wildman–Crippen MR) is 66.3 cm³/mol. The molecule has 17 heavy (non-hydrogen) atoms. The lowest BCUT2D eigenvalue weighted by Gasteiger charge is -2.39. The second-order valence-electron chi connectivity index (χ2n) is 4.02. The largest absolute Gasteiger partial charge is 0.453 e. The fourth-order valence-corrected chi connectivity index (χ4v) is 2.40. The Morgan fingerprint density at radius 1 is 1.41 bits per heavy atom. The molecule has 0 radical (unpaired) electrons. The molecule has 0 bridgehead atoms. The van der Waals surface area contributed by atoms with Gasteiger partial charge in [-0.3, -0.25) is 4.79 Å². The summed E-state index contributed by atoms with van der Waals surface area (Å²) in [6.45, 7) is 0.618. The molecule has 1 heterocycles. The first-order chi connectivity index (χ1) is 8.13. The van der Waals surface area contributed by atoms with Crippen LogP contribution in [0.2, 0.25) is 0 Å². The van der Waals surface area contributed by atoms with Crippen LogP contribution in [0.25, 0.3) is 0 Å². The standard InChI is InChI=1S/C11H18BrNO4/c1-16-10-4-3-5-13(11(15)17-2)9(10)6-8(14)7-12/h9-10H,3-7H2,1-2H3/t9-,10+/m0/s1. The zero-order valence-corrected chi connectivity index (χ0v) is 11.7. The number of methoxy groups -OCH3 is 2. The number of hydrogen-bond acceptors (Lipinski definition) is 4. The molecular weight excluding hydrogens is 290 g/mol. The van der Waals surface area contributed by atoms with Gasteiger partial charge in [0.1, 0.15) is 5.78 Å². The molecule has 0 saturated carbocycles. The minimum atomic E-state index is -0.390. The van der Waals surface area contributed by atoms with Gasteiger partial charge in [-0.1, -0.05) is 15.9 Å². The first-order valence-electron chi connectivity index (χ1n) is 5.59. The minimum absolute atomic E-state index is 0.0628. The van der Waals surface area contributed by atoms with E-state index in [-0.39, 0.29) is 24.0 Å². The molecule has 2 atom stereocenters. The summed E-state index contributed by atoms with van der Waals surface area (Å²) in [6, 6.07) is -0.216. The van der Waals surface area contributed by atoms with Gasteiger partial charge in [-0.25, -0.2) is 4.79 Å². The number of halogens is 1. The molecule has 0 spiro atoms. The Hall–Kier alpha value is -0.620. The van der Waals surface area contributed by atoms with Crippen molar-refractivity contribution in [2.75, 3.05) is 26.1 Å².